The molecule has 2 aliphatic rings. The summed E-state index contributed by atoms with van der Waals surface area (Å²) in [6.45, 7) is 1.38. The lowest BCUT2D eigenvalue weighted by molar-refractivity contribution is -0.155. The molecule has 1 N–H and O–H groups in total. The summed E-state index contributed by atoms with van der Waals surface area (Å²) >= 11 is 0. The lowest BCUT2D eigenvalue weighted by atomic mass is 9.93. The van der Waals surface area contributed by atoms with E-state index in [1.54, 1.807) is 17.0 Å². The van der Waals surface area contributed by atoms with Crippen LogP contribution in [0, 0.1) is 11.7 Å². The van der Waals surface area contributed by atoms with E-state index in [2.05, 4.69) is 0 Å². The van der Waals surface area contributed by atoms with E-state index in [0.29, 0.717) is 32.5 Å². The number of carboxylic acids is 1. The van der Waals surface area contributed by atoms with Gasteiger partial charge in [-0.2, -0.15) is 0 Å². The van der Waals surface area contributed by atoms with Crippen LogP contribution in [0.5, 0.6) is 0 Å². The number of carbonyl (C=O) groups is 3. The molecule has 6 nitrogen and oxygen atoms in total. The molecule has 7 heteroatoms. The van der Waals surface area contributed by atoms with Gasteiger partial charge < -0.3 is 14.9 Å². The molecule has 2 saturated heterocycles. The summed E-state index contributed by atoms with van der Waals surface area (Å²) in [7, 11) is 0. The highest BCUT2D eigenvalue weighted by atomic mass is 19.1. The quantitative estimate of drug-likeness (QED) is 0.873. The van der Waals surface area contributed by atoms with Gasteiger partial charge in [-0.1, -0.05) is 12.1 Å². The average Bonchev–Trinajstić information content (AvgIpc) is 2.69. The van der Waals surface area contributed by atoms with Gasteiger partial charge in [0.2, 0.25) is 11.8 Å². The number of nitrogens with zero attached hydrogens (tertiary/aromatic N) is 2. The molecule has 2 fully saturated rings. The Labute approximate surface area is 157 Å². The molecule has 0 spiro atoms. The monoisotopic (exact) mass is 376 g/mol. The Bertz CT molecular complexity index is 706. The molecule has 1 aromatic rings. The molecule has 2 heterocycles. The molecular formula is C20H25FN2O4. The second-order valence-electron chi connectivity index (χ2n) is 7.36. The third-order valence-corrected chi connectivity index (χ3v) is 5.46. The number of piperidine rings is 2. The van der Waals surface area contributed by atoms with Crippen LogP contribution >= 0.6 is 0 Å². The molecule has 1 aromatic carbocycles. The van der Waals surface area contributed by atoms with E-state index in [1.807, 2.05) is 0 Å². The van der Waals surface area contributed by atoms with Gasteiger partial charge in [-0.15, -0.1) is 0 Å². The fraction of sp³-hybridized carbons (Fsp3) is 0.550. The van der Waals surface area contributed by atoms with E-state index in [9.17, 15) is 23.9 Å². The van der Waals surface area contributed by atoms with Gasteiger partial charge in [-0.05, 0) is 49.8 Å². The summed E-state index contributed by atoms with van der Waals surface area (Å²) in [6, 6.07) is 5.08. The first kappa shape index (κ1) is 19.3. The van der Waals surface area contributed by atoms with Crippen LogP contribution in [0.3, 0.4) is 0 Å². The van der Waals surface area contributed by atoms with Crippen LogP contribution in [0.15, 0.2) is 24.3 Å². The topological polar surface area (TPSA) is 77.9 Å². The van der Waals surface area contributed by atoms with E-state index in [0.717, 1.165) is 24.8 Å². The van der Waals surface area contributed by atoms with E-state index >= 15 is 0 Å². The molecule has 0 radical (unpaired) electrons. The third-order valence-electron chi connectivity index (χ3n) is 5.46. The Morgan fingerprint density at radius 1 is 1.04 bits per heavy atom. The van der Waals surface area contributed by atoms with Crippen molar-refractivity contribution in [1.82, 2.24) is 9.80 Å². The molecule has 0 unspecified atom stereocenters. The predicted octanol–water partition coefficient (Wildman–Crippen LogP) is 2.07. The minimum absolute atomic E-state index is 0.0902. The number of amides is 2. The Kier molecular flexibility index (Phi) is 6.08. The number of carbonyl (C=O) groups excluding carboxylic acids is 2. The second-order valence-corrected chi connectivity index (χ2v) is 7.36. The number of hydrogen-bond acceptors (Lipinski definition) is 3. The van der Waals surface area contributed by atoms with Crippen molar-refractivity contribution >= 4 is 17.8 Å². The third kappa shape index (κ3) is 4.64. The molecule has 0 aliphatic carbocycles. The van der Waals surface area contributed by atoms with E-state index in [1.165, 1.54) is 17.0 Å². The summed E-state index contributed by atoms with van der Waals surface area (Å²) in [6.07, 6.45) is 3.67. The zero-order valence-corrected chi connectivity index (χ0v) is 15.3. The standard InChI is InChI=1S/C20H25FN2O4/c21-16-8-6-14(7-9-16)12-18(24)22-10-3-4-15(13-22)19(25)23-11-2-1-5-17(23)20(26)27/h6-9,15,17H,1-5,10-13H2,(H,26,27)/t15-,17-/m0/s1. The molecular weight excluding hydrogens is 351 g/mol. The van der Waals surface area contributed by atoms with Crippen molar-refractivity contribution in [3.05, 3.63) is 35.6 Å². The van der Waals surface area contributed by atoms with Crippen LogP contribution in [0.2, 0.25) is 0 Å². The van der Waals surface area contributed by atoms with Crippen molar-refractivity contribution in [1.29, 1.82) is 0 Å². The summed E-state index contributed by atoms with van der Waals surface area (Å²) in [5.41, 5.74) is 0.733. The zero-order valence-electron chi connectivity index (χ0n) is 15.3. The second kappa shape index (κ2) is 8.50. The first-order chi connectivity index (χ1) is 13.0. The number of aliphatic carboxylic acids is 1. The minimum atomic E-state index is -0.955. The Morgan fingerprint density at radius 3 is 2.48 bits per heavy atom. The predicted molar refractivity (Wildman–Crippen MR) is 96.4 cm³/mol. The van der Waals surface area contributed by atoms with Crippen LogP contribution < -0.4 is 0 Å². The zero-order chi connectivity index (χ0) is 19.4. The SMILES string of the molecule is O=C(O)[C@@H]1CCCCN1C(=O)[C@H]1CCCN(C(=O)Cc2ccc(F)cc2)C1. The highest BCUT2D eigenvalue weighted by Gasteiger charge is 2.37. The number of hydrogen-bond donors (Lipinski definition) is 1. The Morgan fingerprint density at radius 2 is 1.78 bits per heavy atom. The fourth-order valence-corrected chi connectivity index (χ4v) is 3.98. The maximum Gasteiger partial charge on any atom is 0.326 e. The molecule has 2 aliphatic heterocycles. The summed E-state index contributed by atoms with van der Waals surface area (Å²) in [4.78, 5) is 40.1. The van der Waals surface area contributed by atoms with Gasteiger partial charge in [0.15, 0.2) is 0 Å². The van der Waals surface area contributed by atoms with Gasteiger partial charge in [0.1, 0.15) is 11.9 Å². The van der Waals surface area contributed by atoms with Crippen LogP contribution in [0.25, 0.3) is 0 Å². The smallest absolute Gasteiger partial charge is 0.326 e. The van der Waals surface area contributed by atoms with E-state index in [4.69, 9.17) is 0 Å². The molecule has 0 saturated carbocycles. The van der Waals surface area contributed by atoms with Gasteiger partial charge in [0, 0.05) is 19.6 Å². The van der Waals surface area contributed by atoms with Crippen molar-refractivity contribution in [2.45, 2.75) is 44.6 Å². The maximum atomic E-state index is 13.0. The number of carboxylic acid groups (broad SMARTS) is 1. The van der Waals surface area contributed by atoms with E-state index in [-0.39, 0.29) is 30.0 Å². The lowest BCUT2D eigenvalue weighted by Gasteiger charge is -2.38. The van der Waals surface area contributed by atoms with Crippen LogP contribution in [-0.2, 0) is 20.8 Å². The van der Waals surface area contributed by atoms with Gasteiger partial charge in [-0.3, -0.25) is 9.59 Å². The van der Waals surface area contributed by atoms with Gasteiger partial charge in [-0.25, -0.2) is 9.18 Å². The van der Waals surface area contributed by atoms with Gasteiger partial charge >= 0.3 is 5.97 Å². The van der Waals surface area contributed by atoms with Crippen molar-refractivity contribution in [3.8, 4) is 0 Å². The summed E-state index contributed by atoms with van der Waals surface area (Å²) < 4.78 is 13.0. The number of halogens is 1. The number of likely N-dealkylation sites (tertiary alicyclic amines) is 2. The largest absolute Gasteiger partial charge is 0.480 e. The first-order valence-corrected chi connectivity index (χ1v) is 9.51. The van der Waals surface area contributed by atoms with Gasteiger partial charge in [0.05, 0.1) is 12.3 Å². The highest BCUT2D eigenvalue weighted by molar-refractivity contribution is 5.86. The van der Waals surface area contributed by atoms with Gasteiger partial charge in [0.25, 0.3) is 0 Å². The molecule has 27 heavy (non-hydrogen) atoms. The fourth-order valence-electron chi connectivity index (χ4n) is 3.98. The molecule has 3 rings (SSSR count). The van der Waals surface area contributed by atoms with Crippen molar-refractivity contribution < 1.29 is 23.9 Å². The maximum absolute atomic E-state index is 13.0. The van der Waals surface area contributed by atoms with Crippen molar-refractivity contribution in [2.75, 3.05) is 19.6 Å². The Balaban J connectivity index is 1.62. The molecule has 2 atom stereocenters. The summed E-state index contributed by atoms with van der Waals surface area (Å²) in [5.74, 6) is -1.89. The molecule has 2 amide bonds. The van der Waals surface area contributed by atoms with E-state index < -0.39 is 12.0 Å². The minimum Gasteiger partial charge on any atom is -0.480 e. The van der Waals surface area contributed by atoms with Crippen LogP contribution in [-0.4, -0.2) is 58.4 Å². The first-order valence-electron chi connectivity index (χ1n) is 9.51. The molecule has 0 bridgehead atoms. The van der Waals surface area contributed by atoms with Crippen molar-refractivity contribution in [3.63, 3.8) is 0 Å². The van der Waals surface area contributed by atoms with Crippen molar-refractivity contribution in [2.24, 2.45) is 5.92 Å². The number of rotatable bonds is 4. The lowest BCUT2D eigenvalue weighted by Crippen LogP contribution is -2.53. The highest BCUT2D eigenvalue weighted by Crippen LogP contribution is 2.25. The molecule has 146 valence electrons. The number of benzene rings is 1. The Hall–Kier alpha value is -2.44. The summed E-state index contributed by atoms with van der Waals surface area (Å²) in [5, 5.41) is 9.39. The molecule has 0 aromatic heterocycles. The van der Waals surface area contributed by atoms with Crippen LogP contribution in [0.1, 0.15) is 37.7 Å². The normalized spacial score (nSPS) is 23.1. The average molecular weight is 376 g/mol. The van der Waals surface area contributed by atoms with Crippen LogP contribution in [0.4, 0.5) is 4.39 Å².